The lowest BCUT2D eigenvalue weighted by Gasteiger charge is -2.19. The van der Waals surface area contributed by atoms with Gasteiger partial charge >= 0.3 is 0 Å². The topological polar surface area (TPSA) is 15.3 Å². The molecule has 1 N–H and O–H groups in total. The molecule has 0 aromatic heterocycles. The van der Waals surface area contributed by atoms with Crippen molar-refractivity contribution in [3.05, 3.63) is 36.4 Å². The number of nitrogens with zero attached hydrogens (tertiary/aromatic N) is 1. The molecular formula is C15H24N2. The number of anilines is 2. The number of hydrogen-bond donors (Lipinski definition) is 1. The number of aryl methyl sites for hydroxylation is 1. The van der Waals surface area contributed by atoms with Gasteiger partial charge in [-0.25, -0.2) is 0 Å². The van der Waals surface area contributed by atoms with Crippen molar-refractivity contribution in [3.63, 3.8) is 0 Å². The van der Waals surface area contributed by atoms with Crippen molar-refractivity contribution in [1.29, 1.82) is 0 Å². The van der Waals surface area contributed by atoms with Gasteiger partial charge in [-0.15, -0.1) is 6.58 Å². The summed E-state index contributed by atoms with van der Waals surface area (Å²) < 4.78 is 0. The van der Waals surface area contributed by atoms with Crippen LogP contribution in [0.5, 0.6) is 0 Å². The highest BCUT2D eigenvalue weighted by molar-refractivity contribution is 5.62. The van der Waals surface area contributed by atoms with E-state index in [4.69, 9.17) is 0 Å². The lowest BCUT2D eigenvalue weighted by atomic mass is 10.1. The zero-order valence-electron chi connectivity index (χ0n) is 11.5. The number of nitrogens with one attached hydrogen (secondary N) is 1. The van der Waals surface area contributed by atoms with E-state index in [1.54, 1.807) is 0 Å². The van der Waals surface area contributed by atoms with Gasteiger partial charge in [-0.1, -0.05) is 12.1 Å². The van der Waals surface area contributed by atoms with Crippen LogP contribution in [0.15, 0.2) is 30.9 Å². The SMILES string of the molecule is C=CCCC(C)Nc1ccc(C)c(N(C)C)c1. The van der Waals surface area contributed by atoms with Crippen LogP contribution in [0.3, 0.4) is 0 Å². The number of rotatable bonds is 6. The summed E-state index contributed by atoms with van der Waals surface area (Å²) >= 11 is 0. The van der Waals surface area contributed by atoms with Crippen molar-refractivity contribution in [2.24, 2.45) is 0 Å². The average Bonchev–Trinajstić information content (AvgIpc) is 2.28. The molecule has 0 bridgehead atoms. The molecule has 0 saturated heterocycles. The van der Waals surface area contributed by atoms with E-state index >= 15 is 0 Å². The maximum atomic E-state index is 3.75. The summed E-state index contributed by atoms with van der Waals surface area (Å²) in [7, 11) is 4.15. The van der Waals surface area contributed by atoms with Gasteiger partial charge in [-0.3, -0.25) is 0 Å². The molecule has 0 amide bonds. The molecule has 2 nitrogen and oxygen atoms in total. The molecule has 0 saturated carbocycles. The van der Waals surface area contributed by atoms with Crippen LogP contribution in [0.4, 0.5) is 11.4 Å². The van der Waals surface area contributed by atoms with E-state index in [0.717, 1.165) is 12.8 Å². The number of hydrogen-bond acceptors (Lipinski definition) is 2. The lowest BCUT2D eigenvalue weighted by molar-refractivity contribution is 0.719. The summed E-state index contributed by atoms with van der Waals surface area (Å²) in [6, 6.07) is 7.00. The minimum Gasteiger partial charge on any atom is -0.383 e. The van der Waals surface area contributed by atoms with Crippen LogP contribution in [0.25, 0.3) is 0 Å². The van der Waals surface area contributed by atoms with E-state index in [1.165, 1.54) is 16.9 Å². The Bertz CT molecular complexity index is 369. The predicted octanol–water partition coefficient (Wildman–Crippen LogP) is 3.83. The van der Waals surface area contributed by atoms with Crippen molar-refractivity contribution >= 4 is 11.4 Å². The summed E-state index contributed by atoms with van der Waals surface area (Å²) in [5.41, 5.74) is 3.76. The Kier molecular flexibility index (Phi) is 5.08. The van der Waals surface area contributed by atoms with Crippen LogP contribution in [-0.4, -0.2) is 20.1 Å². The van der Waals surface area contributed by atoms with Gasteiger partial charge in [0.2, 0.25) is 0 Å². The summed E-state index contributed by atoms with van der Waals surface area (Å²) in [5, 5.41) is 3.52. The van der Waals surface area contributed by atoms with Gasteiger partial charge in [-0.2, -0.15) is 0 Å². The Morgan fingerprint density at radius 2 is 2.12 bits per heavy atom. The normalized spacial score (nSPS) is 12.0. The Balaban J connectivity index is 2.71. The molecule has 0 aliphatic rings. The first-order chi connectivity index (χ1) is 8.04. The molecule has 0 heterocycles. The van der Waals surface area contributed by atoms with Crippen molar-refractivity contribution in [1.82, 2.24) is 0 Å². The minimum absolute atomic E-state index is 0.478. The second-order valence-electron chi connectivity index (χ2n) is 4.81. The first kappa shape index (κ1) is 13.6. The summed E-state index contributed by atoms with van der Waals surface area (Å²) in [6.07, 6.45) is 4.15. The van der Waals surface area contributed by atoms with Crippen molar-refractivity contribution in [2.75, 3.05) is 24.3 Å². The van der Waals surface area contributed by atoms with Crippen LogP contribution >= 0.6 is 0 Å². The molecule has 0 aliphatic heterocycles. The van der Waals surface area contributed by atoms with Gasteiger partial charge < -0.3 is 10.2 Å². The van der Waals surface area contributed by atoms with Crippen molar-refractivity contribution in [2.45, 2.75) is 32.7 Å². The van der Waals surface area contributed by atoms with Crippen LogP contribution in [0, 0.1) is 6.92 Å². The van der Waals surface area contributed by atoms with Gasteiger partial charge in [0.05, 0.1) is 0 Å². The molecule has 2 heteroatoms. The maximum absolute atomic E-state index is 3.75. The molecule has 0 spiro atoms. The third-order valence-electron chi connectivity index (χ3n) is 2.91. The molecule has 0 fully saturated rings. The summed E-state index contributed by atoms with van der Waals surface area (Å²) in [6.45, 7) is 8.10. The molecule has 1 rings (SSSR count). The number of allylic oxidation sites excluding steroid dienone is 1. The zero-order chi connectivity index (χ0) is 12.8. The Hall–Kier alpha value is -1.44. The highest BCUT2D eigenvalue weighted by atomic mass is 15.1. The lowest BCUT2D eigenvalue weighted by Crippen LogP contribution is -2.16. The molecule has 17 heavy (non-hydrogen) atoms. The highest BCUT2D eigenvalue weighted by Gasteiger charge is 2.05. The molecule has 0 aliphatic carbocycles. The van der Waals surface area contributed by atoms with Crippen LogP contribution < -0.4 is 10.2 Å². The predicted molar refractivity (Wildman–Crippen MR) is 78.0 cm³/mol. The Morgan fingerprint density at radius 1 is 1.41 bits per heavy atom. The van der Waals surface area contributed by atoms with E-state index in [0.29, 0.717) is 6.04 Å². The molecule has 94 valence electrons. The fourth-order valence-electron chi connectivity index (χ4n) is 1.91. The second kappa shape index (κ2) is 6.33. The van der Waals surface area contributed by atoms with Gasteiger partial charge in [0.25, 0.3) is 0 Å². The molecule has 1 atom stereocenters. The Labute approximate surface area is 105 Å². The largest absolute Gasteiger partial charge is 0.383 e. The molecule has 0 radical (unpaired) electrons. The molecule has 1 unspecified atom stereocenters. The quantitative estimate of drug-likeness (QED) is 0.750. The van der Waals surface area contributed by atoms with E-state index in [9.17, 15) is 0 Å². The Morgan fingerprint density at radius 3 is 2.71 bits per heavy atom. The first-order valence-corrected chi connectivity index (χ1v) is 6.20. The zero-order valence-corrected chi connectivity index (χ0v) is 11.5. The average molecular weight is 232 g/mol. The molecule has 1 aromatic rings. The summed E-state index contributed by atoms with van der Waals surface area (Å²) in [5.74, 6) is 0. The van der Waals surface area contributed by atoms with Crippen LogP contribution in [-0.2, 0) is 0 Å². The van der Waals surface area contributed by atoms with E-state index in [2.05, 4.69) is 62.9 Å². The third kappa shape index (κ3) is 4.14. The fraction of sp³-hybridized carbons (Fsp3) is 0.467. The monoisotopic (exact) mass is 232 g/mol. The van der Waals surface area contributed by atoms with Gasteiger partial charge in [0, 0.05) is 31.5 Å². The fourth-order valence-corrected chi connectivity index (χ4v) is 1.91. The van der Waals surface area contributed by atoms with Gasteiger partial charge in [0.15, 0.2) is 0 Å². The standard InChI is InChI=1S/C15H24N2/c1-6-7-8-13(3)16-14-10-9-12(2)15(11-14)17(4)5/h6,9-11,13,16H,1,7-8H2,2-5H3. The first-order valence-electron chi connectivity index (χ1n) is 6.20. The van der Waals surface area contributed by atoms with Crippen molar-refractivity contribution < 1.29 is 0 Å². The van der Waals surface area contributed by atoms with Crippen LogP contribution in [0.2, 0.25) is 0 Å². The van der Waals surface area contributed by atoms with E-state index in [1.807, 2.05) is 6.08 Å². The van der Waals surface area contributed by atoms with Gasteiger partial charge in [0.1, 0.15) is 0 Å². The second-order valence-corrected chi connectivity index (χ2v) is 4.81. The summed E-state index contributed by atoms with van der Waals surface area (Å²) in [4.78, 5) is 2.15. The van der Waals surface area contributed by atoms with Crippen LogP contribution in [0.1, 0.15) is 25.3 Å². The maximum Gasteiger partial charge on any atom is 0.0411 e. The minimum atomic E-state index is 0.478. The van der Waals surface area contributed by atoms with Crippen molar-refractivity contribution in [3.8, 4) is 0 Å². The van der Waals surface area contributed by atoms with E-state index < -0.39 is 0 Å². The molecule has 1 aromatic carbocycles. The highest BCUT2D eigenvalue weighted by Crippen LogP contribution is 2.23. The van der Waals surface area contributed by atoms with Gasteiger partial charge in [-0.05, 0) is 44.4 Å². The third-order valence-corrected chi connectivity index (χ3v) is 2.91. The molecular weight excluding hydrogens is 208 g/mol. The smallest absolute Gasteiger partial charge is 0.0411 e. The number of benzene rings is 1. The van der Waals surface area contributed by atoms with E-state index in [-0.39, 0.29) is 0 Å².